The first-order chi connectivity index (χ1) is 13.6. The Kier molecular flexibility index (Phi) is 4.80. The molecular formula is C21H18FN5O. The monoisotopic (exact) mass is 375 g/mol. The molecule has 6 nitrogen and oxygen atoms in total. The molecule has 0 saturated carbocycles. The molecule has 0 aliphatic heterocycles. The van der Waals surface area contributed by atoms with E-state index in [0.717, 1.165) is 22.3 Å². The van der Waals surface area contributed by atoms with E-state index in [1.54, 1.807) is 29.0 Å². The fourth-order valence-corrected chi connectivity index (χ4v) is 3.01. The Hall–Kier alpha value is -3.61. The van der Waals surface area contributed by atoms with Gasteiger partial charge in [0.15, 0.2) is 5.65 Å². The fourth-order valence-electron chi connectivity index (χ4n) is 3.01. The van der Waals surface area contributed by atoms with Gasteiger partial charge in [0, 0.05) is 25.1 Å². The van der Waals surface area contributed by atoms with Gasteiger partial charge in [0.1, 0.15) is 5.82 Å². The molecule has 0 saturated heterocycles. The number of pyridine rings is 2. The number of fused-ring (bicyclic) bond motifs is 1. The van der Waals surface area contributed by atoms with Crippen LogP contribution in [-0.2, 0) is 13.0 Å². The molecule has 0 atom stereocenters. The predicted molar refractivity (Wildman–Crippen MR) is 102 cm³/mol. The van der Waals surface area contributed by atoms with Crippen LogP contribution in [0.2, 0.25) is 0 Å². The molecule has 7 heteroatoms. The molecule has 3 aromatic heterocycles. The molecule has 0 radical (unpaired) electrons. The van der Waals surface area contributed by atoms with Gasteiger partial charge in [-0.2, -0.15) is 0 Å². The predicted octanol–water partition coefficient (Wildman–Crippen LogP) is 3.09. The minimum atomic E-state index is -0.333. The van der Waals surface area contributed by atoms with Crippen LogP contribution < -0.4 is 5.32 Å². The van der Waals surface area contributed by atoms with Gasteiger partial charge in [-0.1, -0.05) is 18.2 Å². The molecule has 1 amide bonds. The Balaban J connectivity index is 1.53. The van der Waals surface area contributed by atoms with Crippen molar-refractivity contribution in [1.29, 1.82) is 0 Å². The second kappa shape index (κ2) is 7.56. The van der Waals surface area contributed by atoms with Gasteiger partial charge in [0.25, 0.3) is 5.91 Å². The first-order valence-corrected chi connectivity index (χ1v) is 8.86. The summed E-state index contributed by atoms with van der Waals surface area (Å²) >= 11 is 0. The number of rotatable bonds is 5. The van der Waals surface area contributed by atoms with Crippen LogP contribution in [0, 0.1) is 12.7 Å². The number of aryl methyl sites for hydroxylation is 1. The smallest absolute Gasteiger partial charge is 0.291 e. The summed E-state index contributed by atoms with van der Waals surface area (Å²) in [6.45, 7) is 2.31. The summed E-state index contributed by atoms with van der Waals surface area (Å²) in [5, 5.41) is 7.14. The van der Waals surface area contributed by atoms with Crippen LogP contribution in [0.4, 0.5) is 4.39 Å². The lowest BCUT2D eigenvalue weighted by Crippen LogP contribution is -2.24. The molecule has 0 spiro atoms. The molecule has 4 aromatic rings. The van der Waals surface area contributed by atoms with Crippen molar-refractivity contribution in [3.63, 3.8) is 0 Å². The van der Waals surface area contributed by atoms with Crippen LogP contribution in [0.5, 0.6) is 0 Å². The summed E-state index contributed by atoms with van der Waals surface area (Å²) in [5.74, 6) is -0.467. The molecule has 1 N–H and O–H groups in total. The third kappa shape index (κ3) is 3.88. The van der Waals surface area contributed by atoms with E-state index < -0.39 is 0 Å². The third-order valence-electron chi connectivity index (χ3n) is 4.40. The Labute approximate surface area is 161 Å². The quantitative estimate of drug-likeness (QED) is 0.582. The molecule has 0 unspecified atom stereocenters. The van der Waals surface area contributed by atoms with Gasteiger partial charge in [-0.3, -0.25) is 9.78 Å². The van der Waals surface area contributed by atoms with Gasteiger partial charge in [0.05, 0.1) is 0 Å². The maximum atomic E-state index is 13.1. The van der Waals surface area contributed by atoms with E-state index >= 15 is 0 Å². The first kappa shape index (κ1) is 17.8. The number of carbonyl (C=O) groups excluding carboxylic acids is 1. The highest BCUT2D eigenvalue weighted by atomic mass is 19.1. The highest BCUT2D eigenvalue weighted by Crippen LogP contribution is 2.15. The molecule has 140 valence electrons. The summed E-state index contributed by atoms with van der Waals surface area (Å²) in [6, 6.07) is 12.1. The summed E-state index contributed by atoms with van der Waals surface area (Å²) in [4.78, 5) is 20.7. The van der Waals surface area contributed by atoms with Gasteiger partial charge >= 0.3 is 0 Å². The number of nitrogens with zero attached hydrogens (tertiary/aromatic N) is 4. The minimum Gasteiger partial charge on any atom is -0.345 e. The lowest BCUT2D eigenvalue weighted by molar-refractivity contribution is 0.0940. The fraction of sp³-hybridized carbons (Fsp3) is 0.143. The molecule has 0 bridgehead atoms. The summed E-state index contributed by atoms with van der Waals surface area (Å²) in [6.07, 6.45) is 5.84. The van der Waals surface area contributed by atoms with Crippen molar-refractivity contribution in [2.45, 2.75) is 19.9 Å². The summed E-state index contributed by atoms with van der Waals surface area (Å²) in [5.41, 5.74) is 4.50. The Morgan fingerprint density at radius 1 is 1.07 bits per heavy atom. The average molecular weight is 375 g/mol. The van der Waals surface area contributed by atoms with E-state index in [2.05, 4.69) is 20.4 Å². The van der Waals surface area contributed by atoms with Crippen LogP contribution in [0.25, 0.3) is 5.65 Å². The molecular weight excluding hydrogens is 357 g/mol. The summed E-state index contributed by atoms with van der Waals surface area (Å²) in [7, 11) is 0. The zero-order chi connectivity index (χ0) is 19.5. The van der Waals surface area contributed by atoms with Crippen molar-refractivity contribution in [2.75, 3.05) is 0 Å². The molecule has 4 rings (SSSR count). The van der Waals surface area contributed by atoms with Crippen molar-refractivity contribution in [3.05, 3.63) is 95.0 Å². The number of aromatic nitrogens is 4. The number of benzene rings is 1. The number of carbonyl (C=O) groups is 1. The van der Waals surface area contributed by atoms with Crippen LogP contribution in [-0.4, -0.2) is 25.5 Å². The van der Waals surface area contributed by atoms with Crippen LogP contribution in [0.1, 0.15) is 32.9 Å². The van der Waals surface area contributed by atoms with Crippen LogP contribution in [0.3, 0.4) is 0 Å². The number of hydrogen-bond donors (Lipinski definition) is 1. The molecule has 0 aliphatic rings. The normalized spacial score (nSPS) is 10.9. The number of amides is 1. The zero-order valence-electron chi connectivity index (χ0n) is 15.3. The third-order valence-corrected chi connectivity index (χ3v) is 4.40. The van der Waals surface area contributed by atoms with Gasteiger partial charge in [0.2, 0.25) is 5.82 Å². The van der Waals surface area contributed by atoms with E-state index in [0.29, 0.717) is 18.6 Å². The van der Waals surface area contributed by atoms with Gasteiger partial charge in [-0.25, -0.2) is 13.9 Å². The SMILES string of the molecule is Cc1cc(Cc2ccc(F)cc2)cn2nc(C(=O)NCc3ccncc3)nc12. The second-order valence-electron chi connectivity index (χ2n) is 6.58. The van der Waals surface area contributed by atoms with Crippen molar-refractivity contribution in [1.82, 2.24) is 24.9 Å². The molecule has 0 aliphatic carbocycles. The lowest BCUT2D eigenvalue weighted by atomic mass is 10.1. The maximum absolute atomic E-state index is 13.1. The minimum absolute atomic E-state index is 0.121. The van der Waals surface area contributed by atoms with Crippen molar-refractivity contribution in [3.8, 4) is 0 Å². The van der Waals surface area contributed by atoms with Gasteiger partial charge in [-0.05, 0) is 59.9 Å². The Morgan fingerprint density at radius 2 is 1.82 bits per heavy atom. The van der Waals surface area contributed by atoms with Crippen LogP contribution >= 0.6 is 0 Å². The largest absolute Gasteiger partial charge is 0.345 e. The first-order valence-electron chi connectivity index (χ1n) is 8.86. The van der Waals surface area contributed by atoms with Gasteiger partial charge < -0.3 is 5.32 Å². The number of hydrogen-bond acceptors (Lipinski definition) is 4. The van der Waals surface area contributed by atoms with Crippen molar-refractivity contribution < 1.29 is 9.18 Å². The number of halogens is 1. The lowest BCUT2D eigenvalue weighted by Gasteiger charge is -2.04. The van der Waals surface area contributed by atoms with Gasteiger partial charge in [-0.15, -0.1) is 5.10 Å². The van der Waals surface area contributed by atoms with E-state index in [1.165, 1.54) is 12.1 Å². The number of nitrogens with one attached hydrogen (secondary N) is 1. The standard InChI is InChI=1S/C21H18FN5O/c1-14-10-17(11-15-2-4-18(22)5-3-15)13-27-20(14)25-19(26-27)21(28)24-12-16-6-8-23-9-7-16/h2-10,13H,11-12H2,1H3,(H,24,28). The van der Waals surface area contributed by atoms with E-state index in [4.69, 9.17) is 0 Å². The average Bonchev–Trinajstić information content (AvgIpc) is 3.14. The Morgan fingerprint density at radius 3 is 2.57 bits per heavy atom. The van der Waals surface area contributed by atoms with Crippen molar-refractivity contribution >= 4 is 11.6 Å². The van der Waals surface area contributed by atoms with E-state index in [9.17, 15) is 9.18 Å². The molecule has 0 fully saturated rings. The molecule has 28 heavy (non-hydrogen) atoms. The zero-order valence-corrected chi connectivity index (χ0v) is 15.3. The highest BCUT2D eigenvalue weighted by molar-refractivity contribution is 5.91. The topological polar surface area (TPSA) is 72.2 Å². The molecule has 1 aromatic carbocycles. The highest BCUT2D eigenvalue weighted by Gasteiger charge is 2.14. The van der Waals surface area contributed by atoms with E-state index in [1.807, 2.05) is 31.3 Å². The van der Waals surface area contributed by atoms with E-state index in [-0.39, 0.29) is 17.5 Å². The van der Waals surface area contributed by atoms with Crippen LogP contribution in [0.15, 0.2) is 61.1 Å². The summed E-state index contributed by atoms with van der Waals surface area (Å²) < 4.78 is 14.7. The molecule has 3 heterocycles. The van der Waals surface area contributed by atoms with Crippen molar-refractivity contribution in [2.24, 2.45) is 0 Å². The Bertz CT molecular complexity index is 1120. The second-order valence-corrected chi connectivity index (χ2v) is 6.58. The maximum Gasteiger partial charge on any atom is 0.291 e.